The molecular weight excluding hydrogens is 432 g/mol. The number of nitrogens with one attached hydrogen (secondary N) is 1. The average Bonchev–Trinajstić information content (AvgIpc) is 3.21. The van der Waals surface area contributed by atoms with E-state index in [2.05, 4.69) is 26.0 Å². The van der Waals surface area contributed by atoms with Gasteiger partial charge in [-0.25, -0.2) is 9.67 Å². The predicted molar refractivity (Wildman–Crippen MR) is 111 cm³/mol. The Morgan fingerprint density at radius 1 is 1.03 bits per heavy atom. The van der Waals surface area contributed by atoms with Crippen LogP contribution in [0, 0.1) is 0 Å². The minimum atomic E-state index is -0.993. The van der Waals surface area contributed by atoms with Gasteiger partial charge in [-0.2, -0.15) is 0 Å². The molecule has 2 fully saturated rings. The maximum Gasteiger partial charge on any atom is 0.262 e. The van der Waals surface area contributed by atoms with Crippen LogP contribution in [0.15, 0.2) is 29.8 Å². The minimum Gasteiger partial charge on any atom is -0.295 e. The molecule has 3 aliphatic rings. The van der Waals surface area contributed by atoms with Crippen LogP contribution in [-0.2, 0) is 9.59 Å². The topological polar surface area (TPSA) is 127 Å². The molecule has 0 bridgehead atoms. The summed E-state index contributed by atoms with van der Waals surface area (Å²) in [7, 11) is 0. The van der Waals surface area contributed by atoms with Crippen molar-refractivity contribution in [3.05, 3.63) is 46.6 Å². The highest BCUT2D eigenvalue weighted by molar-refractivity contribution is 7.13. The summed E-state index contributed by atoms with van der Waals surface area (Å²) in [5.74, 6) is -1.58. The van der Waals surface area contributed by atoms with Crippen molar-refractivity contribution in [1.82, 2.24) is 30.2 Å². The fourth-order valence-corrected chi connectivity index (χ4v) is 4.91. The molecule has 0 spiro atoms. The van der Waals surface area contributed by atoms with E-state index in [0.29, 0.717) is 17.3 Å². The van der Waals surface area contributed by atoms with Crippen molar-refractivity contribution >= 4 is 35.0 Å². The van der Waals surface area contributed by atoms with E-state index in [0.717, 1.165) is 15.6 Å². The molecule has 1 saturated carbocycles. The van der Waals surface area contributed by atoms with Gasteiger partial charge in [0, 0.05) is 17.7 Å². The summed E-state index contributed by atoms with van der Waals surface area (Å²) in [5.41, 5.74) is 2.70. The second-order valence-electron chi connectivity index (χ2n) is 8.08. The highest BCUT2D eigenvalue weighted by Gasteiger charge is 2.44. The fraction of sp³-hybridized carbons (Fsp3) is 0.286. The van der Waals surface area contributed by atoms with Gasteiger partial charge >= 0.3 is 0 Å². The molecule has 1 N–H and O–H groups in total. The van der Waals surface area contributed by atoms with Gasteiger partial charge in [0.1, 0.15) is 16.7 Å². The van der Waals surface area contributed by atoms with Crippen molar-refractivity contribution in [2.24, 2.45) is 0 Å². The number of rotatable bonds is 4. The summed E-state index contributed by atoms with van der Waals surface area (Å²) in [6.45, 7) is 0. The first kappa shape index (κ1) is 19.0. The van der Waals surface area contributed by atoms with Crippen molar-refractivity contribution in [2.45, 2.75) is 37.6 Å². The largest absolute Gasteiger partial charge is 0.295 e. The molecule has 32 heavy (non-hydrogen) atoms. The summed E-state index contributed by atoms with van der Waals surface area (Å²) in [6, 6.07) is 3.80. The zero-order valence-electron chi connectivity index (χ0n) is 16.6. The number of carbonyl (C=O) groups is 4. The summed E-state index contributed by atoms with van der Waals surface area (Å²) >= 11 is 1.52. The quantitative estimate of drug-likeness (QED) is 0.602. The Balaban J connectivity index is 1.29. The summed E-state index contributed by atoms with van der Waals surface area (Å²) in [4.78, 5) is 55.0. The maximum atomic E-state index is 13.0. The number of hydrogen-bond acceptors (Lipinski definition) is 8. The molecule has 3 aromatic rings. The van der Waals surface area contributed by atoms with Crippen LogP contribution in [0.1, 0.15) is 58.0 Å². The molecular formula is C21H16N6O4S. The van der Waals surface area contributed by atoms with E-state index in [4.69, 9.17) is 0 Å². The number of nitrogens with zero attached hydrogens (tertiary/aromatic N) is 5. The van der Waals surface area contributed by atoms with Gasteiger partial charge in [0.15, 0.2) is 0 Å². The lowest BCUT2D eigenvalue weighted by molar-refractivity contribution is -0.136. The van der Waals surface area contributed by atoms with Crippen molar-refractivity contribution in [2.75, 3.05) is 0 Å². The van der Waals surface area contributed by atoms with Crippen LogP contribution in [0.25, 0.3) is 16.4 Å². The molecule has 6 rings (SSSR count). The predicted octanol–water partition coefficient (Wildman–Crippen LogP) is 1.67. The summed E-state index contributed by atoms with van der Waals surface area (Å²) < 4.78 is 1.53. The summed E-state index contributed by atoms with van der Waals surface area (Å²) in [5, 5.41) is 13.4. The second kappa shape index (κ2) is 6.89. The molecule has 1 unspecified atom stereocenters. The first-order valence-corrected chi connectivity index (χ1v) is 11.1. The third kappa shape index (κ3) is 2.96. The Morgan fingerprint density at radius 2 is 1.84 bits per heavy atom. The summed E-state index contributed by atoms with van der Waals surface area (Å²) in [6.07, 6.45) is 4.28. The van der Waals surface area contributed by atoms with Crippen molar-refractivity contribution < 1.29 is 19.2 Å². The van der Waals surface area contributed by atoms with Crippen molar-refractivity contribution in [1.29, 1.82) is 0 Å². The molecule has 1 saturated heterocycles. The molecule has 4 heterocycles. The number of piperidine rings is 1. The zero-order chi connectivity index (χ0) is 22.0. The molecule has 0 radical (unpaired) electrons. The smallest absolute Gasteiger partial charge is 0.262 e. The SMILES string of the molecule is O=C1CCC(N2C(=O)c3ccc(-n4cc(-c5nc(C6CC6)cs5)nn4)cc3C2=O)C(=O)N1. The molecule has 2 aromatic heterocycles. The van der Waals surface area contributed by atoms with Crippen LogP contribution in [0.2, 0.25) is 0 Å². The number of fused-ring (bicyclic) bond motifs is 1. The molecule has 10 nitrogen and oxygen atoms in total. The monoisotopic (exact) mass is 448 g/mol. The van der Waals surface area contributed by atoms with Crippen LogP contribution in [0.4, 0.5) is 0 Å². The van der Waals surface area contributed by atoms with Crippen LogP contribution in [-0.4, -0.2) is 54.5 Å². The van der Waals surface area contributed by atoms with E-state index in [1.54, 1.807) is 24.4 Å². The molecule has 4 amide bonds. The number of carbonyl (C=O) groups excluding carboxylic acids is 4. The molecule has 1 atom stereocenters. The lowest BCUT2D eigenvalue weighted by Crippen LogP contribution is -2.54. The Labute approximate surface area is 185 Å². The number of benzene rings is 1. The van der Waals surface area contributed by atoms with Crippen molar-refractivity contribution in [3.8, 4) is 16.4 Å². The third-order valence-electron chi connectivity index (χ3n) is 5.92. The second-order valence-corrected chi connectivity index (χ2v) is 8.94. The number of hydrogen-bond donors (Lipinski definition) is 1. The van der Waals surface area contributed by atoms with Crippen LogP contribution < -0.4 is 5.32 Å². The van der Waals surface area contributed by atoms with Crippen LogP contribution in [0.5, 0.6) is 0 Å². The van der Waals surface area contributed by atoms with E-state index in [9.17, 15) is 19.2 Å². The van der Waals surface area contributed by atoms with E-state index in [-0.39, 0.29) is 24.0 Å². The Morgan fingerprint density at radius 3 is 2.62 bits per heavy atom. The number of aromatic nitrogens is 4. The lowest BCUT2D eigenvalue weighted by atomic mass is 10.0. The van der Waals surface area contributed by atoms with Gasteiger partial charge in [-0.3, -0.25) is 29.4 Å². The van der Waals surface area contributed by atoms with E-state index < -0.39 is 29.7 Å². The van der Waals surface area contributed by atoms with E-state index in [1.165, 1.54) is 28.9 Å². The van der Waals surface area contributed by atoms with Gasteiger partial charge in [0.25, 0.3) is 11.8 Å². The van der Waals surface area contributed by atoms with Gasteiger partial charge in [-0.1, -0.05) is 5.21 Å². The highest BCUT2D eigenvalue weighted by Crippen LogP contribution is 2.41. The Bertz CT molecular complexity index is 1320. The van der Waals surface area contributed by atoms with E-state index >= 15 is 0 Å². The molecule has 2 aliphatic heterocycles. The lowest BCUT2D eigenvalue weighted by Gasteiger charge is -2.27. The van der Waals surface area contributed by atoms with Gasteiger partial charge in [0.2, 0.25) is 11.8 Å². The van der Waals surface area contributed by atoms with Crippen LogP contribution in [0.3, 0.4) is 0 Å². The number of amides is 4. The molecule has 11 heteroatoms. The maximum absolute atomic E-state index is 13.0. The molecule has 1 aromatic carbocycles. The third-order valence-corrected chi connectivity index (χ3v) is 6.80. The Kier molecular flexibility index (Phi) is 4.09. The number of thiazole rings is 1. The first-order valence-electron chi connectivity index (χ1n) is 10.2. The fourth-order valence-electron chi connectivity index (χ4n) is 4.06. The first-order chi connectivity index (χ1) is 15.5. The number of imide groups is 2. The van der Waals surface area contributed by atoms with Gasteiger partial charge < -0.3 is 0 Å². The van der Waals surface area contributed by atoms with Crippen molar-refractivity contribution in [3.63, 3.8) is 0 Å². The average molecular weight is 448 g/mol. The van der Waals surface area contributed by atoms with Gasteiger partial charge in [0.05, 0.1) is 28.7 Å². The Hall–Kier alpha value is -3.73. The zero-order valence-corrected chi connectivity index (χ0v) is 17.5. The van der Waals surface area contributed by atoms with Gasteiger partial charge in [-0.15, -0.1) is 16.4 Å². The standard InChI is InChI=1S/C21H16N6O4S/c28-17-6-5-16(18(29)23-17)27-20(30)12-4-3-11(7-13(12)21(27)31)26-8-14(24-25-26)19-22-15(9-32-19)10-1-2-10/h3-4,7-10,16H,1-2,5-6H2,(H,23,28,29). The molecule has 160 valence electrons. The van der Waals surface area contributed by atoms with E-state index in [1.807, 2.05) is 0 Å². The minimum absolute atomic E-state index is 0.0794. The highest BCUT2D eigenvalue weighted by atomic mass is 32.1. The van der Waals surface area contributed by atoms with Gasteiger partial charge in [-0.05, 0) is 37.5 Å². The molecule has 1 aliphatic carbocycles. The normalized spacial score (nSPS) is 20.6. The van der Waals surface area contributed by atoms with Crippen LogP contribution >= 0.6 is 11.3 Å².